The number of aromatic nitrogens is 1. The topological polar surface area (TPSA) is 96.3 Å². The van der Waals surface area contributed by atoms with Gasteiger partial charge in [0.1, 0.15) is 5.76 Å². The molecule has 21 heavy (non-hydrogen) atoms. The van der Waals surface area contributed by atoms with Crippen LogP contribution in [0, 0.1) is 6.92 Å². The number of amides is 3. The third kappa shape index (κ3) is 4.64. The molecule has 7 nitrogen and oxygen atoms in total. The van der Waals surface area contributed by atoms with Crippen LogP contribution in [0.25, 0.3) is 0 Å². The number of urea groups is 1. The second kappa shape index (κ2) is 7.09. The van der Waals surface area contributed by atoms with Gasteiger partial charge in [0.2, 0.25) is 0 Å². The second-order valence-corrected chi connectivity index (χ2v) is 4.33. The first-order chi connectivity index (χ1) is 10.1. The van der Waals surface area contributed by atoms with Gasteiger partial charge in [-0.25, -0.2) is 4.79 Å². The highest BCUT2D eigenvalue weighted by atomic mass is 16.5. The third-order valence-electron chi connectivity index (χ3n) is 2.60. The average molecular weight is 288 g/mol. The van der Waals surface area contributed by atoms with E-state index in [0.29, 0.717) is 30.2 Å². The van der Waals surface area contributed by atoms with Crippen molar-refractivity contribution >= 4 is 17.8 Å². The molecule has 0 saturated carbocycles. The highest BCUT2D eigenvalue weighted by molar-refractivity contribution is 5.94. The first-order valence-corrected chi connectivity index (χ1v) is 6.46. The molecular weight excluding hydrogens is 272 g/mol. The largest absolute Gasteiger partial charge is 0.360 e. The van der Waals surface area contributed by atoms with E-state index >= 15 is 0 Å². The Morgan fingerprint density at radius 3 is 2.52 bits per heavy atom. The quantitative estimate of drug-likeness (QED) is 0.727. The van der Waals surface area contributed by atoms with Crippen LogP contribution in [0.4, 0.5) is 10.6 Å². The van der Waals surface area contributed by atoms with Crippen LogP contribution in [-0.2, 0) is 0 Å². The van der Waals surface area contributed by atoms with Gasteiger partial charge >= 0.3 is 6.03 Å². The summed E-state index contributed by atoms with van der Waals surface area (Å²) in [6, 6.07) is 10.1. The number of nitrogens with zero attached hydrogens (tertiary/aromatic N) is 1. The normalized spacial score (nSPS) is 9.95. The Morgan fingerprint density at radius 1 is 1.14 bits per heavy atom. The minimum atomic E-state index is -0.405. The van der Waals surface area contributed by atoms with E-state index in [2.05, 4.69) is 21.1 Å². The molecule has 0 bridgehead atoms. The Bertz CT molecular complexity index is 610. The lowest BCUT2D eigenvalue weighted by atomic mass is 10.2. The number of carbonyl (C=O) groups is 2. The van der Waals surface area contributed by atoms with E-state index in [1.807, 2.05) is 6.07 Å². The van der Waals surface area contributed by atoms with E-state index in [-0.39, 0.29) is 5.91 Å². The number of anilines is 1. The summed E-state index contributed by atoms with van der Waals surface area (Å²) in [7, 11) is 0. The fourth-order valence-corrected chi connectivity index (χ4v) is 1.63. The predicted molar refractivity (Wildman–Crippen MR) is 77.0 cm³/mol. The molecule has 0 aliphatic carbocycles. The Morgan fingerprint density at radius 2 is 1.86 bits per heavy atom. The minimum Gasteiger partial charge on any atom is -0.360 e. The highest BCUT2D eigenvalue weighted by Gasteiger charge is 2.06. The van der Waals surface area contributed by atoms with Crippen molar-refractivity contribution in [3.8, 4) is 0 Å². The first kappa shape index (κ1) is 14.6. The lowest BCUT2D eigenvalue weighted by molar-refractivity contribution is 0.0954. The van der Waals surface area contributed by atoms with Gasteiger partial charge in [0.25, 0.3) is 5.91 Å². The van der Waals surface area contributed by atoms with Gasteiger partial charge in [0.15, 0.2) is 5.82 Å². The van der Waals surface area contributed by atoms with Crippen molar-refractivity contribution in [2.75, 3.05) is 18.4 Å². The van der Waals surface area contributed by atoms with Gasteiger partial charge in [-0.1, -0.05) is 23.4 Å². The summed E-state index contributed by atoms with van der Waals surface area (Å²) < 4.78 is 4.82. The Balaban J connectivity index is 1.65. The van der Waals surface area contributed by atoms with E-state index in [4.69, 9.17) is 4.52 Å². The molecule has 0 radical (unpaired) electrons. The van der Waals surface area contributed by atoms with Crippen LogP contribution >= 0.6 is 0 Å². The molecule has 0 aliphatic heterocycles. The van der Waals surface area contributed by atoms with Crippen molar-refractivity contribution < 1.29 is 14.1 Å². The maximum atomic E-state index is 11.7. The number of benzene rings is 1. The van der Waals surface area contributed by atoms with Gasteiger partial charge in [-0.05, 0) is 19.1 Å². The maximum absolute atomic E-state index is 11.7. The van der Waals surface area contributed by atoms with E-state index in [1.54, 1.807) is 37.3 Å². The zero-order valence-corrected chi connectivity index (χ0v) is 11.6. The maximum Gasteiger partial charge on any atom is 0.320 e. The molecule has 1 aromatic heterocycles. The van der Waals surface area contributed by atoms with Crippen molar-refractivity contribution in [3.63, 3.8) is 0 Å². The molecule has 3 N–H and O–H groups in total. The molecule has 7 heteroatoms. The lowest BCUT2D eigenvalue weighted by Gasteiger charge is -2.07. The van der Waals surface area contributed by atoms with Crippen molar-refractivity contribution in [2.45, 2.75) is 6.92 Å². The number of aryl methyl sites for hydroxylation is 1. The molecule has 0 atom stereocenters. The minimum absolute atomic E-state index is 0.176. The molecule has 0 unspecified atom stereocenters. The molecule has 0 aliphatic rings. The summed E-state index contributed by atoms with van der Waals surface area (Å²) in [5.74, 6) is 0.781. The van der Waals surface area contributed by atoms with Crippen LogP contribution in [0.5, 0.6) is 0 Å². The molecule has 1 heterocycles. The molecule has 2 aromatic rings. The Hall–Kier alpha value is -2.83. The van der Waals surface area contributed by atoms with Crippen LogP contribution in [0.15, 0.2) is 40.9 Å². The summed E-state index contributed by atoms with van der Waals surface area (Å²) in [5, 5.41) is 11.5. The zero-order chi connectivity index (χ0) is 15.1. The van der Waals surface area contributed by atoms with E-state index in [1.165, 1.54) is 0 Å². The van der Waals surface area contributed by atoms with Gasteiger partial charge in [-0.15, -0.1) is 0 Å². The van der Waals surface area contributed by atoms with Crippen LogP contribution in [-0.4, -0.2) is 30.2 Å². The van der Waals surface area contributed by atoms with Gasteiger partial charge in [-0.2, -0.15) is 0 Å². The standard InChI is InChI=1S/C14H16N4O3/c1-10-9-12(18-21-10)17-14(20)16-8-7-15-13(19)11-5-3-2-4-6-11/h2-6,9H,7-8H2,1H3,(H,15,19)(H2,16,17,18,20). The van der Waals surface area contributed by atoms with Crippen molar-refractivity contribution in [1.29, 1.82) is 0 Å². The fraction of sp³-hybridized carbons (Fsp3) is 0.214. The smallest absolute Gasteiger partial charge is 0.320 e. The van der Waals surface area contributed by atoms with E-state index in [0.717, 1.165) is 0 Å². The first-order valence-electron chi connectivity index (χ1n) is 6.46. The second-order valence-electron chi connectivity index (χ2n) is 4.33. The predicted octanol–water partition coefficient (Wildman–Crippen LogP) is 1.53. The van der Waals surface area contributed by atoms with Crippen LogP contribution < -0.4 is 16.0 Å². The summed E-state index contributed by atoms with van der Waals surface area (Å²) in [6.07, 6.45) is 0. The van der Waals surface area contributed by atoms with Crippen molar-refractivity contribution in [2.24, 2.45) is 0 Å². The van der Waals surface area contributed by atoms with Crippen molar-refractivity contribution in [3.05, 3.63) is 47.7 Å². The Kier molecular flexibility index (Phi) is 4.92. The van der Waals surface area contributed by atoms with Gasteiger partial charge in [-0.3, -0.25) is 10.1 Å². The monoisotopic (exact) mass is 288 g/mol. The van der Waals surface area contributed by atoms with E-state index < -0.39 is 6.03 Å². The molecule has 110 valence electrons. The number of nitrogens with one attached hydrogen (secondary N) is 3. The van der Waals surface area contributed by atoms with Crippen molar-refractivity contribution in [1.82, 2.24) is 15.8 Å². The lowest BCUT2D eigenvalue weighted by Crippen LogP contribution is -2.36. The zero-order valence-electron chi connectivity index (χ0n) is 11.6. The van der Waals surface area contributed by atoms with Gasteiger partial charge in [0, 0.05) is 24.7 Å². The average Bonchev–Trinajstić information content (AvgIpc) is 2.89. The number of hydrogen-bond donors (Lipinski definition) is 3. The molecule has 0 saturated heterocycles. The number of carbonyl (C=O) groups excluding carboxylic acids is 2. The molecule has 0 fully saturated rings. The number of hydrogen-bond acceptors (Lipinski definition) is 4. The van der Waals surface area contributed by atoms with Gasteiger partial charge in [0.05, 0.1) is 0 Å². The Labute approximate surface area is 121 Å². The third-order valence-corrected chi connectivity index (χ3v) is 2.60. The van der Waals surface area contributed by atoms with Crippen LogP contribution in [0.1, 0.15) is 16.1 Å². The number of rotatable bonds is 5. The van der Waals surface area contributed by atoms with Gasteiger partial charge < -0.3 is 15.2 Å². The van der Waals surface area contributed by atoms with Crippen LogP contribution in [0.3, 0.4) is 0 Å². The summed E-state index contributed by atoms with van der Waals surface area (Å²) in [4.78, 5) is 23.2. The molecule has 0 spiro atoms. The van der Waals surface area contributed by atoms with E-state index in [9.17, 15) is 9.59 Å². The van der Waals surface area contributed by atoms with Crippen LogP contribution in [0.2, 0.25) is 0 Å². The SMILES string of the molecule is Cc1cc(NC(=O)NCCNC(=O)c2ccccc2)no1. The molecule has 2 rings (SSSR count). The molecular formula is C14H16N4O3. The summed E-state index contributed by atoms with van der Waals surface area (Å²) >= 11 is 0. The molecule has 1 aromatic carbocycles. The molecule has 3 amide bonds. The summed E-state index contributed by atoms with van der Waals surface area (Å²) in [5.41, 5.74) is 0.583. The highest BCUT2D eigenvalue weighted by Crippen LogP contribution is 2.06. The summed E-state index contributed by atoms with van der Waals surface area (Å²) in [6.45, 7) is 2.37. The fourth-order valence-electron chi connectivity index (χ4n) is 1.63.